The van der Waals surface area contributed by atoms with Gasteiger partial charge in [-0.05, 0) is 0 Å². The highest BCUT2D eigenvalue weighted by Gasteiger charge is 2.01. The molecule has 6 heteroatoms. The predicted octanol–water partition coefficient (Wildman–Crippen LogP) is 0.439. The molecule has 0 unspecified atom stereocenters. The van der Waals surface area contributed by atoms with Gasteiger partial charge in [-0.1, -0.05) is 13.8 Å². The van der Waals surface area contributed by atoms with Crippen LogP contribution < -0.4 is 5.32 Å². The normalized spacial score (nSPS) is 11.3. The van der Waals surface area contributed by atoms with E-state index in [0.717, 1.165) is 12.4 Å². The SMILES string of the molecule is COCCOCCn1cnc(CNC(C)C)n1. The summed E-state index contributed by atoms with van der Waals surface area (Å²) in [6.45, 7) is 7.49. The van der Waals surface area contributed by atoms with Crippen molar-refractivity contribution in [3.63, 3.8) is 0 Å². The van der Waals surface area contributed by atoms with E-state index >= 15 is 0 Å². The number of methoxy groups -OCH3 is 1. The molecule has 6 nitrogen and oxygen atoms in total. The second kappa shape index (κ2) is 8.16. The standard InChI is InChI=1S/C11H22N4O2/c1-10(2)12-8-11-13-9-15(14-11)4-5-17-7-6-16-3/h9-10,12H,4-8H2,1-3H3. The highest BCUT2D eigenvalue weighted by Crippen LogP contribution is 1.91. The van der Waals surface area contributed by atoms with Crippen LogP contribution in [0, 0.1) is 0 Å². The fourth-order valence-electron chi connectivity index (χ4n) is 1.22. The van der Waals surface area contributed by atoms with E-state index < -0.39 is 0 Å². The molecule has 0 aliphatic carbocycles. The monoisotopic (exact) mass is 242 g/mol. The van der Waals surface area contributed by atoms with E-state index in [9.17, 15) is 0 Å². The smallest absolute Gasteiger partial charge is 0.164 e. The lowest BCUT2D eigenvalue weighted by Crippen LogP contribution is -2.22. The van der Waals surface area contributed by atoms with Crippen molar-refractivity contribution in [1.82, 2.24) is 20.1 Å². The Balaban J connectivity index is 2.17. The van der Waals surface area contributed by atoms with Gasteiger partial charge in [-0.15, -0.1) is 0 Å². The fourth-order valence-corrected chi connectivity index (χ4v) is 1.22. The first-order chi connectivity index (χ1) is 8.22. The van der Waals surface area contributed by atoms with Crippen LogP contribution in [0.1, 0.15) is 19.7 Å². The maximum atomic E-state index is 5.36. The maximum absolute atomic E-state index is 5.36. The predicted molar refractivity (Wildman–Crippen MR) is 64.7 cm³/mol. The van der Waals surface area contributed by atoms with Gasteiger partial charge in [0.25, 0.3) is 0 Å². The molecule has 0 saturated heterocycles. The van der Waals surface area contributed by atoms with Gasteiger partial charge in [-0.3, -0.25) is 4.68 Å². The second-order valence-corrected chi connectivity index (χ2v) is 4.06. The van der Waals surface area contributed by atoms with Crippen LogP contribution in [-0.2, 0) is 22.6 Å². The third-order valence-electron chi connectivity index (χ3n) is 2.15. The number of rotatable bonds is 9. The summed E-state index contributed by atoms with van der Waals surface area (Å²) in [5.41, 5.74) is 0. The third kappa shape index (κ3) is 6.35. The van der Waals surface area contributed by atoms with Gasteiger partial charge < -0.3 is 14.8 Å². The molecule has 98 valence electrons. The van der Waals surface area contributed by atoms with Crippen LogP contribution >= 0.6 is 0 Å². The van der Waals surface area contributed by atoms with E-state index in [1.165, 1.54) is 0 Å². The number of ether oxygens (including phenoxy) is 2. The summed E-state index contributed by atoms with van der Waals surface area (Å²) >= 11 is 0. The van der Waals surface area contributed by atoms with Gasteiger partial charge in [0.2, 0.25) is 0 Å². The molecule has 1 rings (SSSR count). The Morgan fingerprint density at radius 2 is 2.18 bits per heavy atom. The maximum Gasteiger partial charge on any atom is 0.164 e. The molecule has 0 spiro atoms. The Bertz CT molecular complexity index is 301. The lowest BCUT2D eigenvalue weighted by Gasteiger charge is -2.04. The summed E-state index contributed by atoms with van der Waals surface area (Å²) < 4.78 is 12.0. The molecule has 1 heterocycles. The number of nitrogens with zero attached hydrogens (tertiary/aromatic N) is 3. The largest absolute Gasteiger partial charge is 0.382 e. The zero-order valence-corrected chi connectivity index (χ0v) is 10.8. The van der Waals surface area contributed by atoms with Gasteiger partial charge in [0.15, 0.2) is 5.82 Å². The van der Waals surface area contributed by atoms with E-state index in [-0.39, 0.29) is 0 Å². The Hall–Kier alpha value is -0.980. The van der Waals surface area contributed by atoms with Crippen LogP contribution in [0.4, 0.5) is 0 Å². The lowest BCUT2D eigenvalue weighted by molar-refractivity contribution is 0.0653. The van der Waals surface area contributed by atoms with Gasteiger partial charge in [0.05, 0.1) is 32.9 Å². The molecule has 0 fully saturated rings. The summed E-state index contributed by atoms with van der Waals surface area (Å²) in [4.78, 5) is 4.21. The van der Waals surface area contributed by atoms with Crippen LogP contribution in [0.15, 0.2) is 6.33 Å². The zero-order chi connectivity index (χ0) is 12.5. The molecule has 17 heavy (non-hydrogen) atoms. The summed E-state index contributed by atoms with van der Waals surface area (Å²) in [6, 6.07) is 0.444. The molecular weight excluding hydrogens is 220 g/mol. The molecule has 0 atom stereocenters. The van der Waals surface area contributed by atoms with Crippen molar-refractivity contribution in [2.75, 3.05) is 26.9 Å². The minimum absolute atomic E-state index is 0.444. The van der Waals surface area contributed by atoms with Crippen LogP contribution in [0.5, 0.6) is 0 Å². The summed E-state index contributed by atoms with van der Waals surface area (Å²) in [5.74, 6) is 0.815. The Labute approximate surface area is 102 Å². The van der Waals surface area contributed by atoms with Crippen molar-refractivity contribution >= 4 is 0 Å². The average Bonchev–Trinajstić information content (AvgIpc) is 2.74. The molecule has 1 aromatic heterocycles. The van der Waals surface area contributed by atoms with E-state index in [0.29, 0.717) is 32.4 Å². The minimum Gasteiger partial charge on any atom is -0.382 e. The zero-order valence-electron chi connectivity index (χ0n) is 10.8. The lowest BCUT2D eigenvalue weighted by atomic mass is 10.4. The summed E-state index contributed by atoms with van der Waals surface area (Å²) in [5, 5.41) is 7.60. The fraction of sp³-hybridized carbons (Fsp3) is 0.818. The average molecular weight is 242 g/mol. The molecule has 0 aromatic carbocycles. The van der Waals surface area contributed by atoms with E-state index in [1.807, 2.05) is 0 Å². The van der Waals surface area contributed by atoms with Gasteiger partial charge >= 0.3 is 0 Å². The first kappa shape index (κ1) is 14.1. The van der Waals surface area contributed by atoms with E-state index in [2.05, 4.69) is 29.2 Å². The van der Waals surface area contributed by atoms with Crippen molar-refractivity contribution in [3.05, 3.63) is 12.2 Å². The van der Waals surface area contributed by atoms with Crippen molar-refractivity contribution < 1.29 is 9.47 Å². The molecule has 1 N–H and O–H groups in total. The van der Waals surface area contributed by atoms with Crippen molar-refractivity contribution in [1.29, 1.82) is 0 Å². The van der Waals surface area contributed by atoms with Crippen molar-refractivity contribution in [3.8, 4) is 0 Å². The highest BCUT2D eigenvalue weighted by molar-refractivity contribution is 4.81. The van der Waals surface area contributed by atoms with Gasteiger partial charge in [-0.2, -0.15) is 5.10 Å². The molecule has 0 aliphatic rings. The number of hydrogen-bond acceptors (Lipinski definition) is 5. The van der Waals surface area contributed by atoms with Gasteiger partial charge in [0, 0.05) is 13.2 Å². The molecule has 1 aromatic rings. The highest BCUT2D eigenvalue weighted by atomic mass is 16.5. The van der Waals surface area contributed by atoms with E-state index in [4.69, 9.17) is 9.47 Å². The number of hydrogen-bond donors (Lipinski definition) is 1. The topological polar surface area (TPSA) is 61.2 Å². The second-order valence-electron chi connectivity index (χ2n) is 4.06. The molecule has 0 bridgehead atoms. The molecule has 0 aliphatic heterocycles. The summed E-state index contributed by atoms with van der Waals surface area (Å²) in [6.07, 6.45) is 1.73. The third-order valence-corrected chi connectivity index (χ3v) is 2.15. The van der Waals surface area contributed by atoms with Crippen LogP contribution in [-0.4, -0.2) is 47.7 Å². The first-order valence-corrected chi connectivity index (χ1v) is 5.90. The van der Waals surface area contributed by atoms with Gasteiger partial charge in [0.1, 0.15) is 6.33 Å². The Morgan fingerprint density at radius 1 is 1.35 bits per heavy atom. The molecule has 0 radical (unpaired) electrons. The van der Waals surface area contributed by atoms with Crippen LogP contribution in [0.25, 0.3) is 0 Å². The number of aromatic nitrogens is 3. The first-order valence-electron chi connectivity index (χ1n) is 5.90. The summed E-state index contributed by atoms with van der Waals surface area (Å²) in [7, 11) is 1.66. The minimum atomic E-state index is 0.444. The quantitative estimate of drug-likeness (QED) is 0.637. The van der Waals surface area contributed by atoms with Crippen LogP contribution in [0.2, 0.25) is 0 Å². The Morgan fingerprint density at radius 3 is 2.88 bits per heavy atom. The van der Waals surface area contributed by atoms with Crippen molar-refractivity contribution in [2.24, 2.45) is 0 Å². The molecule has 0 saturated carbocycles. The van der Waals surface area contributed by atoms with Gasteiger partial charge in [-0.25, -0.2) is 4.98 Å². The van der Waals surface area contributed by atoms with Crippen molar-refractivity contribution in [2.45, 2.75) is 33.0 Å². The number of nitrogens with one attached hydrogen (secondary N) is 1. The molecular formula is C11H22N4O2. The van der Waals surface area contributed by atoms with E-state index in [1.54, 1.807) is 18.1 Å². The molecule has 0 amide bonds. The Kier molecular flexibility index (Phi) is 6.76. The van der Waals surface area contributed by atoms with Crippen LogP contribution in [0.3, 0.4) is 0 Å².